The number of nitrogens with zero attached hydrogens (tertiary/aromatic N) is 2. The van der Waals surface area contributed by atoms with Gasteiger partial charge in [-0.3, -0.25) is 10.1 Å². The number of halogens is 1. The van der Waals surface area contributed by atoms with Gasteiger partial charge in [0.2, 0.25) is 10.0 Å². The number of nitrogens with two attached hydrogens (primary N) is 1. The first-order valence-electron chi connectivity index (χ1n) is 9.44. The average molecular weight is 440 g/mol. The molecule has 2 atom stereocenters. The predicted molar refractivity (Wildman–Crippen MR) is 115 cm³/mol. The van der Waals surface area contributed by atoms with Gasteiger partial charge >= 0.3 is 0 Å². The zero-order valence-electron chi connectivity index (χ0n) is 16.0. The van der Waals surface area contributed by atoms with E-state index >= 15 is 0 Å². The van der Waals surface area contributed by atoms with Gasteiger partial charge in [-0.15, -0.1) is 12.4 Å². The van der Waals surface area contributed by atoms with Crippen molar-refractivity contribution in [2.24, 2.45) is 11.7 Å². The fourth-order valence-corrected chi connectivity index (χ4v) is 5.62. The van der Waals surface area contributed by atoms with Gasteiger partial charge in [-0.1, -0.05) is 36.8 Å². The highest BCUT2D eigenvalue weighted by atomic mass is 35.5. The van der Waals surface area contributed by atoms with Crippen molar-refractivity contribution < 1.29 is 13.3 Å². The van der Waals surface area contributed by atoms with E-state index in [0.29, 0.717) is 19.5 Å². The maximum absolute atomic E-state index is 13.3. The number of nitro groups is 1. The third-order valence-corrected chi connectivity index (χ3v) is 7.28. The van der Waals surface area contributed by atoms with Crippen molar-refractivity contribution in [1.29, 1.82) is 0 Å². The Morgan fingerprint density at radius 1 is 1.10 bits per heavy atom. The van der Waals surface area contributed by atoms with Gasteiger partial charge < -0.3 is 5.73 Å². The molecule has 2 N–H and O–H groups in total. The number of hydrogen-bond donors (Lipinski definition) is 1. The number of sulfonamides is 1. The molecule has 1 fully saturated rings. The van der Waals surface area contributed by atoms with Crippen LogP contribution in [0.4, 0.5) is 5.69 Å². The Hall–Kier alpha value is -2.00. The molecule has 29 heavy (non-hydrogen) atoms. The Morgan fingerprint density at radius 3 is 2.34 bits per heavy atom. The molecule has 0 aromatic heterocycles. The van der Waals surface area contributed by atoms with Gasteiger partial charge in [0.15, 0.2) is 0 Å². The van der Waals surface area contributed by atoms with Crippen molar-refractivity contribution in [1.82, 2.24) is 4.31 Å². The molecule has 9 heteroatoms. The Bertz CT molecular complexity index is 907. The topological polar surface area (TPSA) is 107 Å². The van der Waals surface area contributed by atoms with Crippen molar-refractivity contribution in [2.45, 2.75) is 36.6 Å². The fourth-order valence-electron chi connectivity index (χ4n) is 3.87. The highest BCUT2D eigenvalue weighted by Gasteiger charge is 2.37. The molecule has 3 rings (SSSR count). The van der Waals surface area contributed by atoms with E-state index in [4.69, 9.17) is 5.73 Å². The summed E-state index contributed by atoms with van der Waals surface area (Å²) in [7, 11) is -3.75. The molecule has 1 heterocycles. The quantitative estimate of drug-likeness (QED) is 0.525. The lowest BCUT2D eigenvalue weighted by Gasteiger charge is -2.39. The third-order valence-electron chi connectivity index (χ3n) is 5.34. The summed E-state index contributed by atoms with van der Waals surface area (Å²) in [6, 6.07) is 14.9. The van der Waals surface area contributed by atoms with Crippen LogP contribution in [0.3, 0.4) is 0 Å². The fraction of sp³-hybridized carbons (Fsp3) is 0.400. The first-order valence-corrected chi connectivity index (χ1v) is 10.9. The second-order valence-electron chi connectivity index (χ2n) is 7.12. The van der Waals surface area contributed by atoms with Crippen LogP contribution >= 0.6 is 12.4 Å². The van der Waals surface area contributed by atoms with Crippen LogP contribution in [0.15, 0.2) is 59.5 Å². The van der Waals surface area contributed by atoms with Gasteiger partial charge in [-0.25, -0.2) is 8.42 Å². The minimum atomic E-state index is -3.75. The van der Waals surface area contributed by atoms with E-state index in [1.807, 2.05) is 30.3 Å². The molecule has 0 saturated carbocycles. The molecule has 0 amide bonds. The van der Waals surface area contributed by atoms with Crippen molar-refractivity contribution in [2.75, 3.05) is 13.1 Å². The Kier molecular flexibility index (Phi) is 8.15. The summed E-state index contributed by atoms with van der Waals surface area (Å²) in [4.78, 5) is 10.4. The van der Waals surface area contributed by atoms with Crippen LogP contribution in [-0.2, 0) is 16.4 Å². The van der Waals surface area contributed by atoms with E-state index in [1.165, 1.54) is 24.3 Å². The first kappa shape index (κ1) is 23.3. The molecule has 158 valence electrons. The minimum Gasteiger partial charge on any atom is -0.330 e. The highest BCUT2D eigenvalue weighted by molar-refractivity contribution is 7.89. The summed E-state index contributed by atoms with van der Waals surface area (Å²) in [6.45, 7) is 0.834. The molecule has 2 unspecified atom stereocenters. The second-order valence-corrected chi connectivity index (χ2v) is 9.01. The van der Waals surface area contributed by atoms with E-state index in [0.717, 1.165) is 24.8 Å². The van der Waals surface area contributed by atoms with Crippen LogP contribution in [0.25, 0.3) is 0 Å². The van der Waals surface area contributed by atoms with Gasteiger partial charge in [-0.05, 0) is 49.4 Å². The van der Waals surface area contributed by atoms with Crippen LogP contribution in [0.2, 0.25) is 0 Å². The summed E-state index contributed by atoms with van der Waals surface area (Å²) in [5.74, 6) is 0.00974. The summed E-state index contributed by atoms with van der Waals surface area (Å²) in [6.07, 6.45) is 3.24. The third kappa shape index (κ3) is 5.33. The first-order chi connectivity index (χ1) is 13.4. The Labute approximate surface area is 177 Å². The van der Waals surface area contributed by atoms with Gasteiger partial charge in [-0.2, -0.15) is 4.31 Å². The van der Waals surface area contributed by atoms with Gasteiger partial charge in [0, 0.05) is 24.7 Å². The Balaban J connectivity index is 0.00000300. The summed E-state index contributed by atoms with van der Waals surface area (Å²) in [5, 5.41) is 10.8. The van der Waals surface area contributed by atoms with Crippen molar-refractivity contribution in [3.05, 3.63) is 70.3 Å². The largest absolute Gasteiger partial charge is 0.330 e. The zero-order chi connectivity index (χ0) is 20.1. The van der Waals surface area contributed by atoms with Crippen molar-refractivity contribution >= 4 is 28.1 Å². The zero-order valence-corrected chi connectivity index (χ0v) is 17.6. The number of non-ortho nitro benzene ring substituents is 1. The minimum absolute atomic E-state index is 0. The lowest BCUT2D eigenvalue weighted by Crippen LogP contribution is -2.49. The maximum Gasteiger partial charge on any atom is 0.269 e. The van der Waals surface area contributed by atoms with E-state index in [-0.39, 0.29) is 34.9 Å². The van der Waals surface area contributed by atoms with E-state index in [1.54, 1.807) is 4.31 Å². The second kappa shape index (κ2) is 10.2. The number of nitro benzene ring substituents is 1. The van der Waals surface area contributed by atoms with Crippen molar-refractivity contribution in [3.63, 3.8) is 0 Å². The lowest BCUT2D eigenvalue weighted by atomic mass is 9.87. The summed E-state index contributed by atoms with van der Waals surface area (Å²) >= 11 is 0. The molecule has 1 aliphatic rings. The molecule has 7 nitrogen and oxygen atoms in total. The van der Waals surface area contributed by atoms with Gasteiger partial charge in [0.25, 0.3) is 5.69 Å². The molecule has 0 spiro atoms. The molecule has 0 aliphatic carbocycles. The molecular weight excluding hydrogens is 414 g/mol. The monoisotopic (exact) mass is 439 g/mol. The SMILES string of the molecule is Cl.NCC(Cc1ccccc1)C1CCCCN1S(=O)(=O)c1ccc([N+](=O)[O-])cc1. The maximum atomic E-state index is 13.3. The van der Waals surface area contributed by atoms with Crippen LogP contribution in [0.1, 0.15) is 24.8 Å². The smallest absolute Gasteiger partial charge is 0.269 e. The molecule has 2 aromatic rings. The van der Waals surface area contributed by atoms with Crippen LogP contribution in [-0.4, -0.2) is 36.8 Å². The number of rotatable bonds is 7. The van der Waals surface area contributed by atoms with E-state index in [9.17, 15) is 18.5 Å². The van der Waals surface area contributed by atoms with E-state index < -0.39 is 14.9 Å². The molecular formula is C20H26ClN3O4S. The van der Waals surface area contributed by atoms with Gasteiger partial charge in [0.1, 0.15) is 0 Å². The van der Waals surface area contributed by atoms with Crippen LogP contribution < -0.4 is 5.73 Å². The predicted octanol–water partition coefficient (Wildman–Crippen LogP) is 3.38. The molecule has 0 bridgehead atoms. The molecule has 0 radical (unpaired) electrons. The Morgan fingerprint density at radius 2 is 1.76 bits per heavy atom. The lowest BCUT2D eigenvalue weighted by molar-refractivity contribution is -0.384. The summed E-state index contributed by atoms with van der Waals surface area (Å²) in [5.41, 5.74) is 7.06. The van der Waals surface area contributed by atoms with Crippen LogP contribution in [0, 0.1) is 16.0 Å². The van der Waals surface area contributed by atoms with Crippen LogP contribution in [0.5, 0.6) is 0 Å². The number of benzene rings is 2. The molecule has 1 saturated heterocycles. The average Bonchev–Trinajstić information content (AvgIpc) is 2.73. The van der Waals surface area contributed by atoms with Gasteiger partial charge in [0.05, 0.1) is 9.82 Å². The number of piperidine rings is 1. The molecule has 2 aromatic carbocycles. The molecule has 1 aliphatic heterocycles. The van der Waals surface area contributed by atoms with Crippen molar-refractivity contribution in [3.8, 4) is 0 Å². The highest BCUT2D eigenvalue weighted by Crippen LogP contribution is 2.31. The normalized spacial score (nSPS) is 18.6. The number of hydrogen-bond acceptors (Lipinski definition) is 5. The van der Waals surface area contributed by atoms with E-state index in [2.05, 4.69) is 0 Å². The standard InChI is InChI=1S/C20H25N3O4S.ClH/c21-15-17(14-16-6-2-1-3-7-16)20-8-4-5-13-22(20)28(26,27)19-11-9-18(10-12-19)23(24)25;/h1-3,6-7,9-12,17,20H,4-5,8,13-15,21H2;1H. The summed E-state index contributed by atoms with van der Waals surface area (Å²) < 4.78 is 28.1.